The number of amides is 1. The third kappa shape index (κ3) is 4.53. The predicted octanol–water partition coefficient (Wildman–Crippen LogP) is 3.79. The second kappa shape index (κ2) is 7.53. The van der Waals surface area contributed by atoms with Crippen LogP contribution in [0.25, 0.3) is 0 Å². The standard InChI is InChI=1S/C15H21BrN2O/c16-10-9-15(19)17-13-5-7-14(8-6-13)18-11-3-1-2-4-12-18/h5-8H,1-4,9-12H2,(H,17,19). The van der Waals surface area contributed by atoms with Crippen LogP contribution in [0.5, 0.6) is 0 Å². The Kier molecular flexibility index (Phi) is 5.70. The lowest BCUT2D eigenvalue weighted by atomic mass is 10.2. The van der Waals surface area contributed by atoms with Gasteiger partial charge in [0.25, 0.3) is 0 Å². The van der Waals surface area contributed by atoms with E-state index in [9.17, 15) is 4.79 Å². The molecule has 2 rings (SSSR count). The van der Waals surface area contributed by atoms with Gasteiger partial charge in [0.2, 0.25) is 5.91 Å². The van der Waals surface area contributed by atoms with Gasteiger partial charge in [-0.05, 0) is 37.1 Å². The largest absolute Gasteiger partial charge is 0.372 e. The van der Waals surface area contributed by atoms with E-state index in [1.807, 2.05) is 12.1 Å². The minimum absolute atomic E-state index is 0.0550. The molecular formula is C15H21BrN2O. The van der Waals surface area contributed by atoms with Crippen LogP contribution in [0.4, 0.5) is 11.4 Å². The molecule has 0 aliphatic carbocycles. The SMILES string of the molecule is O=C(CCBr)Nc1ccc(N2CCCCCC2)cc1. The smallest absolute Gasteiger partial charge is 0.225 e. The number of hydrogen-bond donors (Lipinski definition) is 1. The Balaban J connectivity index is 1.95. The minimum atomic E-state index is 0.0550. The zero-order chi connectivity index (χ0) is 13.5. The highest BCUT2D eigenvalue weighted by molar-refractivity contribution is 9.09. The third-order valence-electron chi connectivity index (χ3n) is 3.44. The van der Waals surface area contributed by atoms with Crippen LogP contribution in [-0.2, 0) is 4.79 Å². The van der Waals surface area contributed by atoms with Gasteiger partial charge in [-0.15, -0.1) is 0 Å². The number of carbonyl (C=O) groups is 1. The summed E-state index contributed by atoms with van der Waals surface area (Å²) in [6.45, 7) is 2.30. The van der Waals surface area contributed by atoms with Crippen molar-refractivity contribution in [3.63, 3.8) is 0 Å². The van der Waals surface area contributed by atoms with E-state index in [0.717, 1.165) is 18.8 Å². The van der Waals surface area contributed by atoms with Crippen LogP contribution in [0.2, 0.25) is 0 Å². The van der Waals surface area contributed by atoms with E-state index in [2.05, 4.69) is 38.3 Å². The maximum atomic E-state index is 11.5. The van der Waals surface area contributed by atoms with Gasteiger partial charge in [0.05, 0.1) is 0 Å². The molecule has 0 aromatic heterocycles. The van der Waals surface area contributed by atoms with E-state index in [1.165, 1.54) is 31.4 Å². The molecular weight excluding hydrogens is 304 g/mol. The Morgan fingerprint density at radius 1 is 1.11 bits per heavy atom. The summed E-state index contributed by atoms with van der Waals surface area (Å²) in [5, 5.41) is 3.60. The van der Waals surface area contributed by atoms with E-state index in [4.69, 9.17) is 0 Å². The first-order valence-corrected chi connectivity index (χ1v) is 8.12. The predicted molar refractivity (Wildman–Crippen MR) is 84.2 cm³/mol. The number of alkyl halides is 1. The fraction of sp³-hybridized carbons (Fsp3) is 0.533. The molecule has 0 unspecified atom stereocenters. The Morgan fingerprint density at radius 2 is 1.74 bits per heavy atom. The number of hydrogen-bond acceptors (Lipinski definition) is 2. The average molecular weight is 325 g/mol. The highest BCUT2D eigenvalue weighted by Crippen LogP contribution is 2.21. The molecule has 1 N–H and O–H groups in total. The quantitative estimate of drug-likeness (QED) is 0.854. The summed E-state index contributed by atoms with van der Waals surface area (Å²) in [6, 6.07) is 8.20. The maximum absolute atomic E-state index is 11.5. The monoisotopic (exact) mass is 324 g/mol. The van der Waals surface area contributed by atoms with Crippen LogP contribution in [-0.4, -0.2) is 24.3 Å². The van der Waals surface area contributed by atoms with Gasteiger partial charge in [-0.3, -0.25) is 4.79 Å². The summed E-state index contributed by atoms with van der Waals surface area (Å²) < 4.78 is 0. The summed E-state index contributed by atoms with van der Waals surface area (Å²) in [7, 11) is 0. The zero-order valence-electron chi connectivity index (χ0n) is 11.2. The molecule has 1 aliphatic rings. The van der Waals surface area contributed by atoms with Crippen molar-refractivity contribution in [2.24, 2.45) is 0 Å². The second-order valence-electron chi connectivity index (χ2n) is 4.94. The second-order valence-corrected chi connectivity index (χ2v) is 5.73. The summed E-state index contributed by atoms with van der Waals surface area (Å²) in [5.74, 6) is 0.0550. The summed E-state index contributed by atoms with van der Waals surface area (Å²) in [6.07, 6.45) is 5.76. The van der Waals surface area contributed by atoms with Crippen molar-refractivity contribution >= 4 is 33.2 Å². The number of halogens is 1. The Hall–Kier alpha value is -1.03. The lowest BCUT2D eigenvalue weighted by molar-refractivity contribution is -0.115. The van der Waals surface area contributed by atoms with E-state index in [0.29, 0.717) is 11.8 Å². The van der Waals surface area contributed by atoms with Crippen LogP contribution in [0.1, 0.15) is 32.1 Å². The molecule has 0 saturated carbocycles. The number of rotatable bonds is 4. The van der Waals surface area contributed by atoms with Crippen LogP contribution >= 0.6 is 15.9 Å². The normalized spacial score (nSPS) is 15.9. The first-order valence-electron chi connectivity index (χ1n) is 7.00. The van der Waals surface area contributed by atoms with Crippen LogP contribution in [0, 0.1) is 0 Å². The van der Waals surface area contributed by atoms with Gasteiger partial charge in [-0.25, -0.2) is 0 Å². The number of nitrogens with zero attached hydrogens (tertiary/aromatic N) is 1. The number of nitrogens with one attached hydrogen (secondary N) is 1. The molecule has 104 valence electrons. The Labute approximate surface area is 123 Å². The highest BCUT2D eigenvalue weighted by Gasteiger charge is 2.09. The molecule has 1 amide bonds. The molecule has 0 spiro atoms. The highest BCUT2D eigenvalue weighted by atomic mass is 79.9. The van der Waals surface area contributed by atoms with Gasteiger partial charge < -0.3 is 10.2 Å². The molecule has 1 heterocycles. The number of carbonyl (C=O) groups excluding carboxylic acids is 1. The van der Waals surface area contributed by atoms with Crippen molar-refractivity contribution in [3.05, 3.63) is 24.3 Å². The topological polar surface area (TPSA) is 32.3 Å². The van der Waals surface area contributed by atoms with E-state index >= 15 is 0 Å². The van der Waals surface area contributed by atoms with Crippen molar-refractivity contribution in [2.45, 2.75) is 32.1 Å². The maximum Gasteiger partial charge on any atom is 0.225 e. The molecule has 0 radical (unpaired) electrons. The average Bonchev–Trinajstić information content (AvgIpc) is 2.69. The van der Waals surface area contributed by atoms with Gasteiger partial charge in [0.15, 0.2) is 0 Å². The molecule has 1 aliphatic heterocycles. The lowest BCUT2D eigenvalue weighted by Crippen LogP contribution is -2.23. The third-order valence-corrected chi connectivity index (χ3v) is 3.84. The molecule has 0 bridgehead atoms. The molecule has 1 saturated heterocycles. The summed E-state index contributed by atoms with van der Waals surface area (Å²) >= 11 is 3.27. The molecule has 19 heavy (non-hydrogen) atoms. The van der Waals surface area contributed by atoms with E-state index in [1.54, 1.807) is 0 Å². The van der Waals surface area contributed by atoms with Gasteiger partial charge in [-0.1, -0.05) is 28.8 Å². The van der Waals surface area contributed by atoms with Gasteiger partial charge in [0.1, 0.15) is 0 Å². The van der Waals surface area contributed by atoms with Crippen LogP contribution in [0.3, 0.4) is 0 Å². The summed E-state index contributed by atoms with van der Waals surface area (Å²) in [4.78, 5) is 13.9. The van der Waals surface area contributed by atoms with Gasteiger partial charge in [-0.2, -0.15) is 0 Å². The fourth-order valence-corrected chi connectivity index (χ4v) is 2.75. The fourth-order valence-electron chi connectivity index (χ4n) is 2.39. The first-order chi connectivity index (χ1) is 9.29. The van der Waals surface area contributed by atoms with Crippen molar-refractivity contribution in [1.82, 2.24) is 0 Å². The van der Waals surface area contributed by atoms with Gasteiger partial charge >= 0.3 is 0 Å². The number of benzene rings is 1. The Bertz CT molecular complexity index is 397. The zero-order valence-corrected chi connectivity index (χ0v) is 12.8. The van der Waals surface area contributed by atoms with E-state index in [-0.39, 0.29) is 5.91 Å². The van der Waals surface area contributed by atoms with Crippen LogP contribution < -0.4 is 10.2 Å². The van der Waals surface area contributed by atoms with Crippen molar-refractivity contribution in [1.29, 1.82) is 0 Å². The molecule has 1 fully saturated rings. The van der Waals surface area contributed by atoms with Crippen molar-refractivity contribution < 1.29 is 4.79 Å². The van der Waals surface area contributed by atoms with E-state index < -0.39 is 0 Å². The first kappa shape index (κ1) is 14.4. The molecule has 4 heteroatoms. The molecule has 1 aromatic carbocycles. The van der Waals surface area contributed by atoms with Crippen molar-refractivity contribution in [3.8, 4) is 0 Å². The Morgan fingerprint density at radius 3 is 2.32 bits per heavy atom. The van der Waals surface area contributed by atoms with Gasteiger partial charge in [0, 0.05) is 36.2 Å². The minimum Gasteiger partial charge on any atom is -0.372 e. The molecule has 0 atom stereocenters. The molecule has 3 nitrogen and oxygen atoms in total. The van der Waals surface area contributed by atoms with Crippen molar-refractivity contribution in [2.75, 3.05) is 28.6 Å². The number of anilines is 2. The lowest BCUT2D eigenvalue weighted by Gasteiger charge is -2.22. The van der Waals surface area contributed by atoms with Crippen LogP contribution in [0.15, 0.2) is 24.3 Å². The summed E-state index contributed by atoms with van der Waals surface area (Å²) in [5.41, 5.74) is 2.14. The molecule has 1 aromatic rings.